The van der Waals surface area contributed by atoms with E-state index in [9.17, 15) is 14.4 Å². The zero-order chi connectivity index (χ0) is 15.4. The average Bonchev–Trinajstić information content (AvgIpc) is 2.87. The van der Waals surface area contributed by atoms with Crippen LogP contribution in [0.2, 0.25) is 0 Å². The van der Waals surface area contributed by atoms with E-state index in [-0.39, 0.29) is 6.42 Å². The number of nitrogens with one attached hydrogen (secondary N) is 1. The molecule has 1 unspecified atom stereocenters. The molecule has 0 saturated carbocycles. The number of urea groups is 1. The first kappa shape index (κ1) is 14.8. The van der Waals surface area contributed by atoms with Gasteiger partial charge < -0.3 is 21.1 Å². The lowest BCUT2D eigenvalue weighted by Gasteiger charge is -2.22. The summed E-state index contributed by atoms with van der Waals surface area (Å²) in [7, 11) is 0. The van der Waals surface area contributed by atoms with E-state index in [1.165, 1.54) is 4.90 Å². The van der Waals surface area contributed by atoms with E-state index in [0.29, 0.717) is 24.2 Å². The van der Waals surface area contributed by atoms with Gasteiger partial charge in [0.15, 0.2) is 0 Å². The lowest BCUT2D eigenvalue weighted by molar-refractivity contribution is -0.136. The Bertz CT molecular complexity index is 573. The molecule has 1 heterocycles. The van der Waals surface area contributed by atoms with Gasteiger partial charge in [0.2, 0.25) is 5.91 Å². The third kappa shape index (κ3) is 3.71. The van der Waals surface area contributed by atoms with Crippen molar-refractivity contribution in [1.82, 2.24) is 4.90 Å². The van der Waals surface area contributed by atoms with Crippen LogP contribution in [0.15, 0.2) is 24.3 Å². The number of carbonyl (C=O) groups excluding carboxylic acids is 2. The van der Waals surface area contributed by atoms with Gasteiger partial charge >= 0.3 is 12.0 Å². The number of carbonyl (C=O) groups is 3. The summed E-state index contributed by atoms with van der Waals surface area (Å²) in [4.78, 5) is 35.5. The number of amides is 3. The number of benzene rings is 1. The molecule has 0 spiro atoms. The Labute approximate surface area is 121 Å². The summed E-state index contributed by atoms with van der Waals surface area (Å²) in [6.07, 6.45) is 1.19. The van der Waals surface area contributed by atoms with Gasteiger partial charge in [-0.3, -0.25) is 9.59 Å². The van der Waals surface area contributed by atoms with E-state index < -0.39 is 23.9 Å². The molecule has 1 saturated heterocycles. The van der Waals surface area contributed by atoms with Crippen molar-refractivity contribution in [3.8, 4) is 0 Å². The van der Waals surface area contributed by atoms with E-state index in [0.717, 1.165) is 6.42 Å². The maximum atomic E-state index is 12.2. The molecule has 4 N–H and O–H groups in total. The standard InChI is InChI=1S/C14H17N3O4/c15-13(20)11-5-2-6-17(11)14(21)16-10-4-1-3-9(7-10)8-12(18)19/h1,3-4,7,11H,2,5-6,8H2,(H2,15,20)(H,16,21)(H,18,19). The van der Waals surface area contributed by atoms with Crippen LogP contribution in [0.25, 0.3) is 0 Å². The van der Waals surface area contributed by atoms with Gasteiger partial charge in [-0.15, -0.1) is 0 Å². The van der Waals surface area contributed by atoms with E-state index in [4.69, 9.17) is 10.8 Å². The quantitative estimate of drug-likeness (QED) is 0.761. The minimum atomic E-state index is -0.938. The van der Waals surface area contributed by atoms with Gasteiger partial charge in [-0.25, -0.2) is 4.79 Å². The van der Waals surface area contributed by atoms with Crippen LogP contribution < -0.4 is 11.1 Å². The highest BCUT2D eigenvalue weighted by molar-refractivity contribution is 5.93. The van der Waals surface area contributed by atoms with Crippen LogP contribution in [0.4, 0.5) is 10.5 Å². The number of aliphatic carboxylic acids is 1. The number of nitrogens with two attached hydrogens (primary N) is 1. The van der Waals surface area contributed by atoms with Crippen molar-refractivity contribution in [3.05, 3.63) is 29.8 Å². The van der Waals surface area contributed by atoms with Crippen LogP contribution >= 0.6 is 0 Å². The summed E-state index contributed by atoms with van der Waals surface area (Å²) in [5, 5.41) is 11.4. The first-order valence-corrected chi connectivity index (χ1v) is 6.65. The minimum Gasteiger partial charge on any atom is -0.481 e. The highest BCUT2D eigenvalue weighted by Gasteiger charge is 2.32. The number of nitrogens with zero attached hydrogens (tertiary/aromatic N) is 1. The van der Waals surface area contributed by atoms with Gasteiger partial charge in [0.25, 0.3) is 0 Å². The topological polar surface area (TPSA) is 113 Å². The van der Waals surface area contributed by atoms with Crippen molar-refractivity contribution in [2.75, 3.05) is 11.9 Å². The number of primary amides is 1. The maximum absolute atomic E-state index is 12.2. The zero-order valence-electron chi connectivity index (χ0n) is 11.4. The molecule has 2 rings (SSSR count). The van der Waals surface area contributed by atoms with E-state index in [2.05, 4.69) is 5.32 Å². The minimum absolute atomic E-state index is 0.114. The van der Waals surface area contributed by atoms with Crippen LogP contribution in [0, 0.1) is 0 Å². The zero-order valence-corrected chi connectivity index (χ0v) is 11.4. The Balaban J connectivity index is 2.05. The summed E-state index contributed by atoms with van der Waals surface area (Å²) < 4.78 is 0. The molecule has 7 nitrogen and oxygen atoms in total. The molecule has 1 aromatic rings. The second-order valence-corrected chi connectivity index (χ2v) is 4.95. The molecule has 1 atom stereocenters. The Morgan fingerprint density at radius 1 is 1.38 bits per heavy atom. The highest BCUT2D eigenvalue weighted by atomic mass is 16.4. The molecule has 112 valence electrons. The smallest absolute Gasteiger partial charge is 0.322 e. The number of anilines is 1. The summed E-state index contributed by atoms with van der Waals surface area (Å²) in [5.41, 5.74) is 6.36. The molecule has 7 heteroatoms. The number of hydrogen-bond donors (Lipinski definition) is 3. The molecule has 1 aromatic carbocycles. The monoisotopic (exact) mass is 291 g/mol. The molecule has 1 fully saturated rings. The van der Waals surface area contributed by atoms with Crippen molar-refractivity contribution in [3.63, 3.8) is 0 Å². The first-order valence-electron chi connectivity index (χ1n) is 6.65. The average molecular weight is 291 g/mol. The van der Waals surface area contributed by atoms with Crippen molar-refractivity contribution in [2.24, 2.45) is 5.73 Å². The summed E-state index contributed by atoms with van der Waals surface area (Å²) >= 11 is 0. The second kappa shape index (κ2) is 6.25. The fraction of sp³-hybridized carbons (Fsp3) is 0.357. The Morgan fingerprint density at radius 2 is 2.14 bits per heavy atom. The molecular formula is C14H17N3O4. The van der Waals surface area contributed by atoms with Crippen LogP contribution in [0.1, 0.15) is 18.4 Å². The van der Waals surface area contributed by atoms with Crippen LogP contribution in [0.5, 0.6) is 0 Å². The predicted octanol–water partition coefficient (Wildman–Crippen LogP) is 0.795. The fourth-order valence-electron chi connectivity index (χ4n) is 2.43. The van der Waals surface area contributed by atoms with Gasteiger partial charge in [0.05, 0.1) is 6.42 Å². The van der Waals surface area contributed by atoms with Crippen LogP contribution in [-0.2, 0) is 16.0 Å². The Hall–Kier alpha value is -2.57. The fourth-order valence-corrected chi connectivity index (χ4v) is 2.43. The molecule has 3 amide bonds. The maximum Gasteiger partial charge on any atom is 0.322 e. The largest absolute Gasteiger partial charge is 0.481 e. The molecule has 1 aliphatic rings. The Morgan fingerprint density at radius 3 is 2.81 bits per heavy atom. The van der Waals surface area contributed by atoms with Crippen molar-refractivity contribution < 1.29 is 19.5 Å². The summed E-state index contributed by atoms with van der Waals surface area (Å²) in [6, 6.07) is 5.63. The van der Waals surface area contributed by atoms with E-state index >= 15 is 0 Å². The van der Waals surface area contributed by atoms with Gasteiger partial charge in [-0.2, -0.15) is 0 Å². The van der Waals surface area contributed by atoms with Gasteiger partial charge in [0, 0.05) is 12.2 Å². The van der Waals surface area contributed by atoms with Crippen molar-refractivity contribution >= 4 is 23.6 Å². The SMILES string of the molecule is NC(=O)C1CCCN1C(=O)Nc1cccc(CC(=O)O)c1. The number of hydrogen-bond acceptors (Lipinski definition) is 3. The molecule has 0 aliphatic carbocycles. The Kier molecular flexibility index (Phi) is 4.42. The van der Waals surface area contributed by atoms with E-state index in [1.54, 1.807) is 24.3 Å². The van der Waals surface area contributed by atoms with E-state index in [1.807, 2.05) is 0 Å². The summed E-state index contributed by atoms with van der Waals surface area (Å²) in [6.45, 7) is 0.480. The van der Waals surface area contributed by atoms with Gasteiger partial charge in [-0.05, 0) is 30.5 Å². The lowest BCUT2D eigenvalue weighted by Crippen LogP contribution is -2.45. The molecule has 0 radical (unpaired) electrons. The van der Waals surface area contributed by atoms with Crippen LogP contribution in [-0.4, -0.2) is 40.5 Å². The lowest BCUT2D eigenvalue weighted by atomic mass is 10.1. The molecular weight excluding hydrogens is 274 g/mol. The number of likely N-dealkylation sites (tertiary alicyclic amines) is 1. The number of rotatable bonds is 4. The third-order valence-electron chi connectivity index (χ3n) is 3.38. The second-order valence-electron chi connectivity index (χ2n) is 4.95. The number of carboxylic acid groups (broad SMARTS) is 1. The van der Waals surface area contributed by atoms with Gasteiger partial charge in [-0.1, -0.05) is 12.1 Å². The van der Waals surface area contributed by atoms with Crippen molar-refractivity contribution in [2.45, 2.75) is 25.3 Å². The molecule has 0 bridgehead atoms. The molecule has 1 aliphatic heterocycles. The highest BCUT2D eigenvalue weighted by Crippen LogP contribution is 2.19. The van der Waals surface area contributed by atoms with Crippen LogP contribution in [0.3, 0.4) is 0 Å². The van der Waals surface area contributed by atoms with Gasteiger partial charge in [0.1, 0.15) is 6.04 Å². The third-order valence-corrected chi connectivity index (χ3v) is 3.38. The summed E-state index contributed by atoms with van der Waals surface area (Å²) in [5.74, 6) is -1.45. The van der Waals surface area contributed by atoms with Crippen molar-refractivity contribution in [1.29, 1.82) is 0 Å². The predicted molar refractivity (Wildman–Crippen MR) is 75.7 cm³/mol. The molecule has 21 heavy (non-hydrogen) atoms. The molecule has 0 aromatic heterocycles. The first-order chi connectivity index (χ1) is 9.97. The number of carboxylic acids is 1. The normalized spacial score (nSPS) is 17.5.